The SMILES string of the molecule is [B]c1nc2c(c(=O)[nH]c(=O)n2C)n1COCC. The van der Waals surface area contributed by atoms with Crippen molar-refractivity contribution in [2.45, 2.75) is 13.7 Å². The fourth-order valence-electron chi connectivity index (χ4n) is 1.56. The van der Waals surface area contributed by atoms with Gasteiger partial charge in [-0.2, -0.15) is 0 Å². The quantitative estimate of drug-likeness (QED) is 0.636. The lowest BCUT2D eigenvalue weighted by Crippen LogP contribution is -2.30. The highest BCUT2D eigenvalue weighted by Crippen LogP contribution is 2.02. The van der Waals surface area contributed by atoms with Crippen LogP contribution < -0.4 is 17.0 Å². The lowest BCUT2D eigenvalue weighted by atomic mass is 10.1. The fraction of sp³-hybridized carbons (Fsp3) is 0.444. The topological polar surface area (TPSA) is 81.9 Å². The van der Waals surface area contributed by atoms with Gasteiger partial charge in [0.1, 0.15) is 6.73 Å². The van der Waals surface area contributed by atoms with Gasteiger partial charge in [-0.15, -0.1) is 0 Å². The van der Waals surface area contributed by atoms with E-state index >= 15 is 0 Å². The molecule has 2 heterocycles. The number of fused-ring (bicyclic) bond motifs is 1. The number of rotatable bonds is 3. The average Bonchev–Trinajstić information content (AvgIpc) is 2.61. The standard InChI is InChI=1S/C9H11BN4O3/c1-3-17-4-14-5-6(11-8(14)10)13(2)9(16)12-7(5)15/h3-4H2,1-2H3,(H,12,15,16). The van der Waals surface area contributed by atoms with Gasteiger partial charge in [0.05, 0.1) is 5.72 Å². The lowest BCUT2D eigenvalue weighted by molar-refractivity contribution is 0.0924. The molecule has 7 nitrogen and oxygen atoms in total. The van der Waals surface area contributed by atoms with E-state index in [1.54, 1.807) is 0 Å². The number of nitrogens with zero attached hydrogens (tertiary/aromatic N) is 3. The van der Waals surface area contributed by atoms with Crippen LogP contribution in [0.5, 0.6) is 0 Å². The smallest absolute Gasteiger partial charge is 0.329 e. The molecule has 0 fully saturated rings. The fourth-order valence-corrected chi connectivity index (χ4v) is 1.56. The normalized spacial score (nSPS) is 11.2. The zero-order valence-electron chi connectivity index (χ0n) is 9.56. The molecule has 0 bridgehead atoms. The molecule has 2 radical (unpaired) electrons. The number of hydrogen-bond acceptors (Lipinski definition) is 4. The van der Waals surface area contributed by atoms with Gasteiger partial charge >= 0.3 is 5.69 Å². The van der Waals surface area contributed by atoms with Crippen molar-refractivity contribution in [1.82, 2.24) is 19.1 Å². The van der Waals surface area contributed by atoms with Gasteiger partial charge in [0.2, 0.25) is 0 Å². The molecular formula is C9H11BN4O3. The van der Waals surface area contributed by atoms with Crippen molar-refractivity contribution in [2.24, 2.45) is 7.05 Å². The third kappa shape index (κ3) is 1.80. The Balaban J connectivity index is 2.78. The van der Waals surface area contributed by atoms with Crippen LogP contribution >= 0.6 is 0 Å². The van der Waals surface area contributed by atoms with E-state index in [1.165, 1.54) is 16.2 Å². The number of aromatic nitrogens is 4. The van der Waals surface area contributed by atoms with E-state index in [9.17, 15) is 9.59 Å². The summed E-state index contributed by atoms with van der Waals surface area (Å²) in [6, 6.07) is 0. The molecule has 0 spiro atoms. The molecule has 2 aromatic heterocycles. The highest BCUT2D eigenvalue weighted by atomic mass is 16.5. The molecule has 2 rings (SSSR count). The molecule has 0 aliphatic rings. The molecule has 0 saturated carbocycles. The maximum atomic E-state index is 11.7. The van der Waals surface area contributed by atoms with Crippen LogP contribution in [-0.2, 0) is 18.5 Å². The third-order valence-corrected chi connectivity index (χ3v) is 2.46. The largest absolute Gasteiger partial charge is 0.361 e. The van der Waals surface area contributed by atoms with Gasteiger partial charge in [0, 0.05) is 13.7 Å². The van der Waals surface area contributed by atoms with E-state index in [1.807, 2.05) is 6.92 Å². The molecule has 8 heteroatoms. The summed E-state index contributed by atoms with van der Waals surface area (Å²) < 4.78 is 7.85. The molecule has 0 aliphatic heterocycles. The first-order valence-corrected chi connectivity index (χ1v) is 5.09. The molecule has 0 unspecified atom stereocenters. The van der Waals surface area contributed by atoms with Crippen molar-refractivity contribution >= 4 is 24.7 Å². The monoisotopic (exact) mass is 234 g/mol. The van der Waals surface area contributed by atoms with Crippen LogP contribution in [0.25, 0.3) is 11.2 Å². The van der Waals surface area contributed by atoms with Gasteiger partial charge in [-0.05, 0) is 6.92 Å². The van der Waals surface area contributed by atoms with Crippen molar-refractivity contribution in [1.29, 1.82) is 0 Å². The summed E-state index contributed by atoms with van der Waals surface area (Å²) in [6.07, 6.45) is 0. The predicted octanol–water partition coefficient (Wildman–Crippen LogP) is -1.79. The zero-order valence-corrected chi connectivity index (χ0v) is 9.56. The summed E-state index contributed by atoms with van der Waals surface area (Å²) in [6.45, 7) is 2.44. The van der Waals surface area contributed by atoms with Gasteiger partial charge in [0.25, 0.3) is 5.56 Å². The molecule has 0 atom stereocenters. The van der Waals surface area contributed by atoms with Crippen molar-refractivity contribution in [3.8, 4) is 0 Å². The second-order valence-corrected chi connectivity index (χ2v) is 3.51. The molecule has 17 heavy (non-hydrogen) atoms. The molecule has 0 saturated heterocycles. The molecule has 1 N–H and O–H groups in total. The van der Waals surface area contributed by atoms with Gasteiger partial charge in [0.15, 0.2) is 19.0 Å². The Bertz CT molecular complexity index is 669. The highest BCUT2D eigenvalue weighted by Gasteiger charge is 2.13. The van der Waals surface area contributed by atoms with Crippen molar-refractivity contribution in [2.75, 3.05) is 6.61 Å². The summed E-state index contributed by atoms with van der Waals surface area (Å²) >= 11 is 0. The lowest BCUT2D eigenvalue weighted by Gasteiger charge is -2.06. The number of H-pyrrole nitrogens is 1. The van der Waals surface area contributed by atoms with E-state index < -0.39 is 11.2 Å². The van der Waals surface area contributed by atoms with Crippen LogP contribution in [0.2, 0.25) is 0 Å². The van der Waals surface area contributed by atoms with E-state index in [-0.39, 0.29) is 23.6 Å². The minimum Gasteiger partial charge on any atom is -0.361 e. The maximum Gasteiger partial charge on any atom is 0.329 e. The summed E-state index contributed by atoms with van der Waals surface area (Å²) in [4.78, 5) is 29.3. The maximum absolute atomic E-state index is 11.7. The second kappa shape index (κ2) is 4.21. The number of nitrogens with one attached hydrogen (secondary N) is 1. The van der Waals surface area contributed by atoms with Crippen molar-refractivity contribution in [3.63, 3.8) is 0 Å². The number of aromatic amines is 1. The van der Waals surface area contributed by atoms with Crippen molar-refractivity contribution < 1.29 is 4.74 Å². The van der Waals surface area contributed by atoms with E-state index in [0.29, 0.717) is 6.61 Å². The molecule has 0 amide bonds. The number of imidazole rings is 1. The first-order chi connectivity index (χ1) is 8.06. The highest BCUT2D eigenvalue weighted by molar-refractivity contribution is 6.30. The van der Waals surface area contributed by atoms with Crippen LogP contribution in [0.15, 0.2) is 9.59 Å². The average molecular weight is 234 g/mol. The summed E-state index contributed by atoms with van der Waals surface area (Å²) in [7, 11) is 7.20. The minimum atomic E-state index is -0.524. The van der Waals surface area contributed by atoms with Crippen LogP contribution in [0, 0.1) is 0 Å². The van der Waals surface area contributed by atoms with Crippen LogP contribution in [-0.4, -0.2) is 33.6 Å². The van der Waals surface area contributed by atoms with Gasteiger partial charge in [-0.3, -0.25) is 14.3 Å². The van der Waals surface area contributed by atoms with Crippen LogP contribution in [0.4, 0.5) is 0 Å². The predicted molar refractivity (Wildman–Crippen MR) is 62.6 cm³/mol. The molecule has 0 aromatic carbocycles. The second-order valence-electron chi connectivity index (χ2n) is 3.51. The molecule has 0 aliphatic carbocycles. The first-order valence-electron chi connectivity index (χ1n) is 5.09. The Morgan fingerprint density at radius 3 is 2.82 bits per heavy atom. The van der Waals surface area contributed by atoms with E-state index in [4.69, 9.17) is 12.6 Å². The minimum absolute atomic E-state index is 0.125. The Hall–Kier alpha value is -1.83. The Kier molecular flexibility index (Phi) is 2.89. The zero-order chi connectivity index (χ0) is 12.6. The third-order valence-electron chi connectivity index (χ3n) is 2.46. The van der Waals surface area contributed by atoms with Crippen LogP contribution in [0.3, 0.4) is 0 Å². The van der Waals surface area contributed by atoms with E-state index in [2.05, 4.69) is 9.97 Å². The number of ether oxygens (including phenoxy) is 1. The molecule has 88 valence electrons. The Morgan fingerprint density at radius 2 is 2.18 bits per heavy atom. The number of hydrogen-bond donors (Lipinski definition) is 1. The first kappa shape index (κ1) is 11.7. The molecule has 2 aromatic rings. The van der Waals surface area contributed by atoms with Crippen molar-refractivity contribution in [3.05, 3.63) is 20.8 Å². The van der Waals surface area contributed by atoms with Gasteiger partial charge in [-0.1, -0.05) is 0 Å². The summed E-state index contributed by atoms with van der Waals surface area (Å²) in [5, 5.41) is 0. The summed E-state index contributed by atoms with van der Waals surface area (Å²) in [5.41, 5.74) is -0.426. The van der Waals surface area contributed by atoms with Gasteiger partial charge in [-0.25, -0.2) is 9.78 Å². The number of aryl methyl sites for hydroxylation is 1. The van der Waals surface area contributed by atoms with Gasteiger partial charge < -0.3 is 9.30 Å². The van der Waals surface area contributed by atoms with E-state index in [0.717, 1.165) is 0 Å². The Labute approximate surface area is 97.4 Å². The molecular weight excluding hydrogens is 223 g/mol. The Morgan fingerprint density at radius 1 is 1.47 bits per heavy atom. The van der Waals surface area contributed by atoms with Crippen LogP contribution in [0.1, 0.15) is 6.92 Å². The summed E-state index contributed by atoms with van der Waals surface area (Å²) in [5.74, 6) is 0.